The van der Waals surface area contributed by atoms with Crippen molar-refractivity contribution < 1.29 is 14.6 Å². The number of hydrogen-bond acceptors (Lipinski definition) is 7. The van der Waals surface area contributed by atoms with E-state index in [1.165, 1.54) is 47.9 Å². The van der Waals surface area contributed by atoms with Gasteiger partial charge in [-0.15, -0.1) is 0 Å². The first-order valence-corrected chi connectivity index (χ1v) is 9.58. The van der Waals surface area contributed by atoms with Crippen molar-refractivity contribution in [1.29, 1.82) is 0 Å². The third kappa shape index (κ3) is 4.03. The number of amides is 1. The number of aromatic nitrogens is 2. The third-order valence-corrected chi connectivity index (χ3v) is 5.12. The second kappa shape index (κ2) is 8.13. The first-order valence-electron chi connectivity index (χ1n) is 8.76. The molecule has 0 aliphatic carbocycles. The van der Waals surface area contributed by atoms with Crippen LogP contribution in [0.2, 0.25) is 0 Å². The number of nitro benzene ring substituents is 1. The number of benzene rings is 2. The number of thiazole rings is 1. The van der Waals surface area contributed by atoms with E-state index in [-0.39, 0.29) is 17.9 Å². The number of nitro groups is 1. The Kier molecular flexibility index (Phi) is 5.22. The smallest absolute Gasteiger partial charge is 0.295 e. The molecule has 1 amide bonds. The molecule has 1 N–H and O–H groups in total. The zero-order valence-corrected chi connectivity index (χ0v) is 16.2. The second-order valence-electron chi connectivity index (χ2n) is 6.19. The van der Waals surface area contributed by atoms with Crippen molar-refractivity contribution in [2.24, 2.45) is 0 Å². The Hall–Kier alpha value is -4.05. The first-order chi connectivity index (χ1) is 14.5. The quantitative estimate of drug-likeness (QED) is 0.377. The van der Waals surface area contributed by atoms with Crippen LogP contribution in [0.25, 0.3) is 10.2 Å². The molecule has 0 aliphatic rings. The van der Waals surface area contributed by atoms with Gasteiger partial charge in [0.05, 0.1) is 15.1 Å². The number of non-ortho nitro benzene ring substituents is 1. The Morgan fingerprint density at radius 1 is 1.17 bits per heavy atom. The summed E-state index contributed by atoms with van der Waals surface area (Å²) in [4.78, 5) is 45.3. The lowest BCUT2D eigenvalue weighted by Crippen LogP contribution is -2.32. The number of pyridine rings is 1. The number of hydrogen-bond donors (Lipinski definition) is 1. The van der Waals surface area contributed by atoms with Crippen LogP contribution in [0, 0.1) is 10.1 Å². The number of fused-ring (bicyclic) bond motifs is 1. The molecule has 0 aliphatic heterocycles. The highest BCUT2D eigenvalue weighted by Gasteiger charge is 2.15. The molecule has 0 saturated carbocycles. The summed E-state index contributed by atoms with van der Waals surface area (Å²) >= 11 is 1.30. The van der Waals surface area contributed by atoms with E-state index < -0.39 is 16.4 Å². The molecule has 2 aromatic carbocycles. The molecule has 0 spiro atoms. The van der Waals surface area contributed by atoms with Gasteiger partial charge >= 0.3 is 0 Å². The summed E-state index contributed by atoms with van der Waals surface area (Å²) in [6.07, 6.45) is 1.37. The molecule has 10 heteroatoms. The van der Waals surface area contributed by atoms with E-state index in [0.717, 1.165) is 14.9 Å². The van der Waals surface area contributed by atoms with Crippen molar-refractivity contribution in [3.05, 3.63) is 98.5 Å². The third-order valence-electron chi connectivity index (χ3n) is 4.17. The van der Waals surface area contributed by atoms with E-state index in [0.29, 0.717) is 10.7 Å². The van der Waals surface area contributed by atoms with Gasteiger partial charge in [0, 0.05) is 18.3 Å². The fourth-order valence-corrected chi connectivity index (χ4v) is 3.60. The number of para-hydroxylation sites is 1. The largest absolute Gasteiger partial charge is 0.406 e. The van der Waals surface area contributed by atoms with Gasteiger partial charge in [0.25, 0.3) is 17.2 Å². The van der Waals surface area contributed by atoms with Gasteiger partial charge in [-0.1, -0.05) is 35.6 Å². The molecule has 0 atom stereocenters. The molecule has 0 fully saturated rings. The van der Waals surface area contributed by atoms with Crippen LogP contribution in [0.4, 0.5) is 10.8 Å². The highest BCUT2D eigenvalue weighted by Crippen LogP contribution is 2.25. The highest BCUT2D eigenvalue weighted by molar-refractivity contribution is 7.22. The molecule has 9 nitrogen and oxygen atoms in total. The molecule has 2 aromatic heterocycles. The summed E-state index contributed by atoms with van der Waals surface area (Å²) in [7, 11) is 0. The van der Waals surface area contributed by atoms with Crippen molar-refractivity contribution in [3.63, 3.8) is 0 Å². The topological polar surface area (TPSA) is 116 Å². The molecular weight excluding hydrogens is 408 g/mol. The van der Waals surface area contributed by atoms with Gasteiger partial charge < -0.3 is 4.84 Å². The van der Waals surface area contributed by atoms with Crippen molar-refractivity contribution >= 4 is 38.3 Å². The predicted octanol–water partition coefficient (Wildman–Crippen LogP) is 3.25. The molecule has 4 rings (SSSR count). The van der Waals surface area contributed by atoms with E-state index in [1.54, 1.807) is 6.07 Å². The Morgan fingerprint density at radius 2 is 2.00 bits per heavy atom. The van der Waals surface area contributed by atoms with Gasteiger partial charge in [0.15, 0.2) is 5.13 Å². The van der Waals surface area contributed by atoms with Gasteiger partial charge in [0.1, 0.15) is 12.2 Å². The zero-order chi connectivity index (χ0) is 21.1. The summed E-state index contributed by atoms with van der Waals surface area (Å²) in [6.45, 7) is -0.0788. The van der Waals surface area contributed by atoms with Crippen LogP contribution >= 0.6 is 11.3 Å². The number of nitrogens with zero attached hydrogens (tertiary/aromatic N) is 3. The SMILES string of the molecule is O=C(Nc1nc2ccccc2s1)c1cccn(OCc2cccc([N+](=O)[O-])c2)c1=O. The Labute approximate surface area is 173 Å². The first kappa shape index (κ1) is 19.3. The lowest BCUT2D eigenvalue weighted by atomic mass is 10.2. The number of nitrogens with one attached hydrogen (secondary N) is 1. The minimum atomic E-state index is -0.651. The van der Waals surface area contributed by atoms with Gasteiger partial charge in [-0.2, -0.15) is 4.73 Å². The lowest BCUT2D eigenvalue weighted by molar-refractivity contribution is -0.384. The van der Waals surface area contributed by atoms with Crippen LogP contribution < -0.4 is 15.7 Å². The fourth-order valence-electron chi connectivity index (χ4n) is 2.74. The van der Waals surface area contributed by atoms with E-state index in [9.17, 15) is 19.7 Å². The standard InChI is InChI=1S/C20H14N4O5S/c25-18(22-20-21-16-8-1-2-9-17(16)30-20)15-7-4-10-23(19(15)26)29-12-13-5-3-6-14(11-13)24(27)28/h1-11H,12H2,(H,21,22,25). The number of anilines is 1. The number of carbonyl (C=O) groups excluding carboxylic acids is 1. The van der Waals surface area contributed by atoms with Gasteiger partial charge in [-0.05, 0) is 29.8 Å². The summed E-state index contributed by atoms with van der Waals surface area (Å²) in [5.74, 6) is -0.604. The molecule has 2 heterocycles. The van der Waals surface area contributed by atoms with Gasteiger partial charge in [-0.3, -0.25) is 25.0 Å². The minimum Gasteiger partial charge on any atom is -0.406 e. The van der Waals surface area contributed by atoms with Gasteiger partial charge in [-0.25, -0.2) is 4.98 Å². The van der Waals surface area contributed by atoms with Crippen LogP contribution in [0.3, 0.4) is 0 Å². The second-order valence-corrected chi connectivity index (χ2v) is 7.22. The van der Waals surface area contributed by atoms with Crippen LogP contribution in [0.5, 0.6) is 0 Å². The average molecular weight is 422 g/mol. The van der Waals surface area contributed by atoms with Crippen molar-refractivity contribution in [2.75, 3.05) is 5.32 Å². The van der Waals surface area contributed by atoms with Crippen molar-refractivity contribution in [2.45, 2.75) is 6.61 Å². The molecular formula is C20H14N4O5S. The van der Waals surface area contributed by atoms with Crippen LogP contribution in [-0.2, 0) is 6.61 Å². The van der Waals surface area contributed by atoms with Crippen LogP contribution in [0.1, 0.15) is 15.9 Å². The van der Waals surface area contributed by atoms with Crippen LogP contribution in [0.15, 0.2) is 71.7 Å². The maximum atomic E-state index is 12.6. The van der Waals surface area contributed by atoms with E-state index in [2.05, 4.69) is 10.3 Å². The molecule has 0 bridgehead atoms. The maximum absolute atomic E-state index is 12.6. The fraction of sp³-hybridized carbons (Fsp3) is 0.0500. The molecule has 0 saturated heterocycles. The molecule has 30 heavy (non-hydrogen) atoms. The normalized spacial score (nSPS) is 10.7. The van der Waals surface area contributed by atoms with Gasteiger partial charge in [0.2, 0.25) is 0 Å². The Balaban J connectivity index is 1.50. The molecule has 0 radical (unpaired) electrons. The Morgan fingerprint density at radius 3 is 2.80 bits per heavy atom. The summed E-state index contributed by atoms with van der Waals surface area (Å²) < 4.78 is 1.84. The number of rotatable bonds is 6. The number of carbonyl (C=O) groups is 1. The Bertz CT molecular complexity index is 1280. The highest BCUT2D eigenvalue weighted by atomic mass is 32.1. The molecule has 150 valence electrons. The monoisotopic (exact) mass is 422 g/mol. The zero-order valence-electron chi connectivity index (χ0n) is 15.3. The maximum Gasteiger partial charge on any atom is 0.295 e. The molecule has 0 unspecified atom stereocenters. The van der Waals surface area contributed by atoms with E-state index in [1.807, 2.05) is 24.3 Å². The predicted molar refractivity (Wildman–Crippen MR) is 112 cm³/mol. The van der Waals surface area contributed by atoms with E-state index >= 15 is 0 Å². The minimum absolute atomic E-state index is 0.0765. The summed E-state index contributed by atoms with van der Waals surface area (Å²) in [5.41, 5.74) is 0.425. The summed E-state index contributed by atoms with van der Waals surface area (Å²) in [5, 5.41) is 13.9. The van der Waals surface area contributed by atoms with Crippen molar-refractivity contribution in [1.82, 2.24) is 9.71 Å². The van der Waals surface area contributed by atoms with E-state index in [4.69, 9.17) is 4.84 Å². The molecule has 4 aromatic rings. The lowest BCUT2D eigenvalue weighted by Gasteiger charge is -2.09. The van der Waals surface area contributed by atoms with Crippen molar-refractivity contribution in [3.8, 4) is 0 Å². The average Bonchev–Trinajstić information content (AvgIpc) is 3.15. The summed E-state index contributed by atoms with van der Waals surface area (Å²) in [6, 6.07) is 16.2. The van der Waals surface area contributed by atoms with Crippen LogP contribution in [-0.4, -0.2) is 20.5 Å².